The van der Waals surface area contributed by atoms with Gasteiger partial charge in [0.15, 0.2) is 0 Å². The molecule has 2 fully saturated rings. The Kier molecular flexibility index (Phi) is 7.05. The molecule has 1 N–H and O–H groups in total. The number of amides is 3. The van der Waals surface area contributed by atoms with E-state index in [4.69, 9.17) is 14.2 Å². The number of hydrogen-bond donors (Lipinski definition) is 1. The molecule has 2 saturated heterocycles. The van der Waals surface area contributed by atoms with Crippen molar-refractivity contribution < 1.29 is 23.8 Å². The summed E-state index contributed by atoms with van der Waals surface area (Å²) >= 11 is 0. The van der Waals surface area contributed by atoms with E-state index >= 15 is 0 Å². The summed E-state index contributed by atoms with van der Waals surface area (Å²) in [6.07, 6.45) is 3.20. The zero-order chi connectivity index (χ0) is 25.1. The average Bonchev–Trinajstić information content (AvgIpc) is 2.89. The number of urea groups is 1. The second-order valence-electron chi connectivity index (χ2n) is 10.1. The Labute approximate surface area is 212 Å². The summed E-state index contributed by atoms with van der Waals surface area (Å²) in [6.45, 7) is 7.47. The smallest absolute Gasteiger partial charge is 0.410 e. The molecule has 5 rings (SSSR count). The SMILES string of the molecule is CC(C)OC(=O)N1CCC2(CCc3cc(-c4ccc(NC(=O)N5CCOCC5)cc4)ccc3O2)CC1. The van der Waals surface area contributed by atoms with Crippen molar-refractivity contribution in [3.05, 3.63) is 48.0 Å². The van der Waals surface area contributed by atoms with Crippen LogP contribution in [-0.4, -0.2) is 73.0 Å². The molecule has 3 heterocycles. The Bertz CT molecular complexity index is 1090. The summed E-state index contributed by atoms with van der Waals surface area (Å²) in [5, 5.41) is 2.97. The van der Waals surface area contributed by atoms with E-state index in [0.29, 0.717) is 39.4 Å². The highest BCUT2D eigenvalue weighted by Gasteiger charge is 2.40. The Morgan fingerprint density at radius 2 is 1.61 bits per heavy atom. The van der Waals surface area contributed by atoms with Gasteiger partial charge in [-0.2, -0.15) is 0 Å². The first kappa shape index (κ1) is 24.4. The summed E-state index contributed by atoms with van der Waals surface area (Å²) in [7, 11) is 0. The van der Waals surface area contributed by atoms with Gasteiger partial charge >= 0.3 is 12.1 Å². The Morgan fingerprint density at radius 3 is 2.31 bits per heavy atom. The van der Waals surface area contributed by atoms with Gasteiger partial charge in [-0.05, 0) is 67.6 Å². The van der Waals surface area contributed by atoms with Gasteiger partial charge in [-0.3, -0.25) is 0 Å². The van der Waals surface area contributed by atoms with Crippen molar-refractivity contribution in [3.63, 3.8) is 0 Å². The van der Waals surface area contributed by atoms with Crippen LogP contribution in [0.2, 0.25) is 0 Å². The number of ether oxygens (including phenoxy) is 3. The van der Waals surface area contributed by atoms with Crippen LogP contribution >= 0.6 is 0 Å². The van der Waals surface area contributed by atoms with Gasteiger partial charge in [0.25, 0.3) is 0 Å². The molecule has 3 amide bonds. The number of benzene rings is 2. The molecule has 1 spiro atoms. The standard InChI is InChI=1S/C28H35N3O5/c1-20(2)35-27(33)31-13-11-28(12-14-31)10-9-23-19-22(5-8-25(23)36-28)21-3-6-24(7-4-21)29-26(32)30-15-17-34-18-16-30/h3-8,19-20H,9-18H2,1-2H3,(H,29,32). The number of aryl methyl sites for hydroxylation is 1. The number of likely N-dealkylation sites (tertiary alicyclic amines) is 1. The summed E-state index contributed by atoms with van der Waals surface area (Å²) < 4.78 is 17.2. The van der Waals surface area contributed by atoms with Crippen LogP contribution in [0.4, 0.5) is 15.3 Å². The van der Waals surface area contributed by atoms with Gasteiger partial charge in [-0.25, -0.2) is 9.59 Å². The Morgan fingerprint density at radius 1 is 0.917 bits per heavy atom. The highest BCUT2D eigenvalue weighted by atomic mass is 16.6. The van der Waals surface area contributed by atoms with Crippen LogP contribution < -0.4 is 10.1 Å². The third-order valence-electron chi connectivity index (χ3n) is 7.27. The van der Waals surface area contributed by atoms with E-state index in [0.717, 1.165) is 48.2 Å². The second-order valence-corrected chi connectivity index (χ2v) is 10.1. The van der Waals surface area contributed by atoms with Crippen LogP contribution in [0.25, 0.3) is 11.1 Å². The lowest BCUT2D eigenvalue weighted by Crippen LogP contribution is -2.51. The van der Waals surface area contributed by atoms with Crippen molar-refractivity contribution in [2.75, 3.05) is 44.7 Å². The monoisotopic (exact) mass is 493 g/mol. The predicted octanol–water partition coefficient (Wildman–Crippen LogP) is 4.92. The zero-order valence-electron chi connectivity index (χ0n) is 21.1. The zero-order valence-corrected chi connectivity index (χ0v) is 21.1. The van der Waals surface area contributed by atoms with Gasteiger partial charge < -0.3 is 29.3 Å². The number of anilines is 1. The maximum atomic E-state index is 12.4. The third kappa shape index (κ3) is 5.43. The van der Waals surface area contributed by atoms with Crippen molar-refractivity contribution in [2.45, 2.75) is 51.2 Å². The summed E-state index contributed by atoms with van der Waals surface area (Å²) in [5.41, 5.74) is 4.01. The second kappa shape index (κ2) is 10.4. The van der Waals surface area contributed by atoms with Crippen LogP contribution in [0.5, 0.6) is 5.75 Å². The number of nitrogens with one attached hydrogen (secondary N) is 1. The fraction of sp³-hybridized carbons (Fsp3) is 0.500. The van der Waals surface area contributed by atoms with Crippen molar-refractivity contribution in [1.29, 1.82) is 0 Å². The van der Waals surface area contributed by atoms with Crippen LogP contribution in [0.3, 0.4) is 0 Å². The lowest BCUT2D eigenvalue weighted by atomic mass is 9.82. The molecule has 0 radical (unpaired) electrons. The molecule has 192 valence electrons. The molecule has 36 heavy (non-hydrogen) atoms. The molecule has 3 aliphatic rings. The van der Waals surface area contributed by atoms with Gasteiger partial charge in [-0.1, -0.05) is 18.2 Å². The van der Waals surface area contributed by atoms with E-state index < -0.39 is 0 Å². The molecule has 2 aromatic rings. The number of carbonyl (C=O) groups excluding carboxylic acids is 2. The fourth-order valence-electron chi connectivity index (χ4n) is 5.14. The highest BCUT2D eigenvalue weighted by molar-refractivity contribution is 5.89. The van der Waals surface area contributed by atoms with E-state index in [2.05, 4.69) is 23.5 Å². The number of nitrogens with zero attached hydrogens (tertiary/aromatic N) is 2. The maximum Gasteiger partial charge on any atom is 0.410 e. The van der Waals surface area contributed by atoms with Crippen molar-refractivity contribution in [1.82, 2.24) is 9.80 Å². The van der Waals surface area contributed by atoms with Gasteiger partial charge in [0, 0.05) is 44.7 Å². The summed E-state index contributed by atoms with van der Waals surface area (Å²) in [4.78, 5) is 28.2. The molecule has 8 nitrogen and oxygen atoms in total. The minimum atomic E-state index is -0.229. The first-order chi connectivity index (χ1) is 17.4. The summed E-state index contributed by atoms with van der Waals surface area (Å²) in [5.74, 6) is 0.942. The first-order valence-electron chi connectivity index (χ1n) is 12.9. The topological polar surface area (TPSA) is 80.3 Å². The van der Waals surface area contributed by atoms with Crippen LogP contribution in [0.15, 0.2) is 42.5 Å². The summed E-state index contributed by atoms with van der Waals surface area (Å²) in [6, 6.07) is 14.2. The van der Waals surface area contributed by atoms with Crippen LogP contribution in [0, 0.1) is 0 Å². The Balaban J connectivity index is 1.20. The lowest BCUT2D eigenvalue weighted by Gasteiger charge is -2.44. The van der Waals surface area contributed by atoms with Gasteiger partial charge in [0.1, 0.15) is 11.4 Å². The van der Waals surface area contributed by atoms with Gasteiger partial charge in [0.2, 0.25) is 0 Å². The average molecular weight is 494 g/mol. The number of piperidine rings is 1. The van der Waals surface area contributed by atoms with Crippen molar-refractivity contribution in [2.24, 2.45) is 0 Å². The molecule has 8 heteroatoms. The van der Waals surface area contributed by atoms with E-state index in [1.807, 2.05) is 38.1 Å². The maximum absolute atomic E-state index is 12.4. The third-order valence-corrected chi connectivity index (χ3v) is 7.27. The molecule has 3 aliphatic heterocycles. The number of rotatable bonds is 3. The fourth-order valence-corrected chi connectivity index (χ4v) is 5.14. The normalized spacial score (nSPS) is 19.0. The number of fused-ring (bicyclic) bond motifs is 1. The van der Waals surface area contributed by atoms with E-state index in [1.165, 1.54) is 5.56 Å². The number of carbonyl (C=O) groups is 2. The molecule has 0 unspecified atom stereocenters. The molecule has 0 bridgehead atoms. The molecule has 0 atom stereocenters. The highest BCUT2D eigenvalue weighted by Crippen LogP contribution is 2.41. The van der Waals surface area contributed by atoms with Crippen molar-refractivity contribution in [3.8, 4) is 16.9 Å². The van der Waals surface area contributed by atoms with E-state index in [9.17, 15) is 9.59 Å². The molecule has 0 saturated carbocycles. The number of morpholine rings is 1. The van der Waals surface area contributed by atoms with Crippen LogP contribution in [0.1, 0.15) is 38.7 Å². The van der Waals surface area contributed by atoms with E-state index in [1.54, 1.807) is 9.80 Å². The van der Waals surface area contributed by atoms with Gasteiger partial charge in [-0.15, -0.1) is 0 Å². The first-order valence-corrected chi connectivity index (χ1v) is 12.9. The molecule has 0 aromatic heterocycles. The molecule has 2 aromatic carbocycles. The van der Waals surface area contributed by atoms with E-state index in [-0.39, 0.29) is 23.8 Å². The van der Waals surface area contributed by atoms with Crippen LogP contribution in [-0.2, 0) is 15.9 Å². The minimum absolute atomic E-state index is 0.0893. The molecular formula is C28H35N3O5. The predicted molar refractivity (Wildman–Crippen MR) is 137 cm³/mol. The van der Waals surface area contributed by atoms with Crippen molar-refractivity contribution >= 4 is 17.8 Å². The largest absolute Gasteiger partial charge is 0.487 e. The molecule has 0 aliphatic carbocycles. The molecular weight excluding hydrogens is 458 g/mol. The lowest BCUT2D eigenvalue weighted by molar-refractivity contribution is -0.0172. The minimum Gasteiger partial charge on any atom is -0.487 e. The van der Waals surface area contributed by atoms with Gasteiger partial charge in [0.05, 0.1) is 19.3 Å². The quantitative estimate of drug-likeness (QED) is 0.656. The number of hydrogen-bond acceptors (Lipinski definition) is 5. The Hall–Kier alpha value is -3.26.